The van der Waals surface area contributed by atoms with E-state index in [0.717, 1.165) is 38.0 Å². The Bertz CT molecular complexity index is 755. The lowest BCUT2D eigenvalue weighted by atomic mass is 10.2. The van der Waals surface area contributed by atoms with Crippen molar-refractivity contribution >= 4 is 21.4 Å². The van der Waals surface area contributed by atoms with Crippen LogP contribution < -0.4 is 14.9 Å². The van der Waals surface area contributed by atoms with E-state index < -0.39 is 14.8 Å². The molecule has 2 atom stereocenters. The first-order valence-electron chi connectivity index (χ1n) is 10.4. The smallest absolute Gasteiger partial charge is 0.216 e. The summed E-state index contributed by atoms with van der Waals surface area (Å²) in [5, 5.41) is 3.14. The van der Waals surface area contributed by atoms with Crippen LogP contribution in [-0.4, -0.2) is 51.6 Å². The van der Waals surface area contributed by atoms with Gasteiger partial charge in [-0.15, -0.1) is 0 Å². The van der Waals surface area contributed by atoms with Crippen LogP contribution in [0.4, 0.5) is 15.8 Å². The highest BCUT2D eigenvalue weighted by Crippen LogP contribution is 2.25. The molecule has 0 bridgehead atoms. The molecule has 1 aliphatic rings. The SMILES string of the molecule is C[C@@H]1CN(c2ccc(NCCCCCNS(=O)(=O)C(C)(C)C)c(F)c2)C[C@H](C)O1. The Labute approximate surface area is 175 Å². The molecule has 0 spiro atoms. The number of rotatable bonds is 9. The Hall–Kier alpha value is -1.38. The number of anilines is 2. The molecular formula is C21H36FN3O3S. The molecule has 0 aliphatic carbocycles. The predicted molar refractivity (Wildman–Crippen MR) is 118 cm³/mol. The van der Waals surface area contributed by atoms with Crippen LogP contribution in [0.3, 0.4) is 0 Å². The van der Waals surface area contributed by atoms with Crippen LogP contribution in [0.2, 0.25) is 0 Å². The van der Waals surface area contributed by atoms with Crippen molar-refractivity contribution in [2.75, 3.05) is 36.4 Å². The average molecular weight is 430 g/mol. The predicted octanol–water partition coefficient (Wildman–Crippen LogP) is 3.74. The molecule has 1 aliphatic heterocycles. The Morgan fingerprint density at radius 3 is 2.31 bits per heavy atom. The summed E-state index contributed by atoms with van der Waals surface area (Å²) >= 11 is 0. The second-order valence-electron chi connectivity index (χ2n) is 8.82. The van der Waals surface area contributed by atoms with Crippen LogP contribution in [0.1, 0.15) is 53.9 Å². The van der Waals surface area contributed by atoms with Gasteiger partial charge in [0.15, 0.2) is 0 Å². The Kier molecular flexibility index (Phi) is 8.31. The first kappa shape index (κ1) is 23.9. The lowest BCUT2D eigenvalue weighted by Crippen LogP contribution is -2.45. The molecule has 0 aromatic heterocycles. The summed E-state index contributed by atoms with van der Waals surface area (Å²) in [6.07, 6.45) is 2.73. The zero-order valence-electron chi connectivity index (χ0n) is 18.3. The van der Waals surface area contributed by atoms with Gasteiger partial charge in [-0.05, 0) is 65.7 Å². The maximum Gasteiger partial charge on any atom is 0.216 e. The first-order chi connectivity index (χ1) is 13.5. The van der Waals surface area contributed by atoms with Gasteiger partial charge >= 0.3 is 0 Å². The fourth-order valence-corrected chi connectivity index (χ4v) is 4.15. The van der Waals surface area contributed by atoms with Crippen molar-refractivity contribution < 1.29 is 17.5 Å². The summed E-state index contributed by atoms with van der Waals surface area (Å²) in [4.78, 5) is 2.16. The van der Waals surface area contributed by atoms with Gasteiger partial charge in [0.1, 0.15) is 5.82 Å². The van der Waals surface area contributed by atoms with Gasteiger partial charge < -0.3 is 15.0 Å². The largest absolute Gasteiger partial charge is 0.383 e. The average Bonchev–Trinajstić information content (AvgIpc) is 2.60. The summed E-state index contributed by atoms with van der Waals surface area (Å²) < 4.78 is 46.0. The minimum Gasteiger partial charge on any atom is -0.383 e. The Morgan fingerprint density at radius 1 is 1.10 bits per heavy atom. The summed E-state index contributed by atoms with van der Waals surface area (Å²) in [7, 11) is -3.29. The van der Waals surface area contributed by atoms with Crippen molar-refractivity contribution in [3.05, 3.63) is 24.0 Å². The fraction of sp³-hybridized carbons (Fsp3) is 0.714. The molecule has 0 radical (unpaired) electrons. The molecule has 166 valence electrons. The lowest BCUT2D eigenvalue weighted by Gasteiger charge is -2.37. The van der Waals surface area contributed by atoms with Crippen LogP contribution in [0.5, 0.6) is 0 Å². The van der Waals surface area contributed by atoms with Gasteiger partial charge in [-0.1, -0.05) is 6.42 Å². The summed E-state index contributed by atoms with van der Waals surface area (Å²) in [6, 6.07) is 5.30. The molecule has 6 nitrogen and oxygen atoms in total. The number of nitrogens with one attached hydrogen (secondary N) is 2. The van der Waals surface area contributed by atoms with E-state index in [4.69, 9.17) is 4.74 Å². The molecule has 0 saturated carbocycles. The van der Waals surface area contributed by atoms with Crippen molar-refractivity contribution in [1.82, 2.24) is 4.72 Å². The molecule has 1 saturated heterocycles. The number of sulfonamides is 1. The van der Waals surface area contributed by atoms with Gasteiger partial charge in [0.2, 0.25) is 10.0 Å². The number of ether oxygens (including phenoxy) is 1. The fourth-order valence-electron chi connectivity index (χ4n) is 3.31. The minimum atomic E-state index is -3.29. The van der Waals surface area contributed by atoms with Crippen molar-refractivity contribution in [2.45, 2.75) is 70.8 Å². The standard InChI is InChI=1S/C21H36FN3O3S/c1-16-14-25(15-17(2)28-16)18-9-10-20(19(22)13-18)23-11-7-6-8-12-24-29(26,27)21(3,4)5/h9-10,13,16-17,23-24H,6-8,11-12,14-15H2,1-5H3/t16-,17+. The van der Waals surface area contributed by atoms with Gasteiger partial charge in [-0.3, -0.25) is 0 Å². The van der Waals surface area contributed by atoms with E-state index in [9.17, 15) is 12.8 Å². The molecule has 8 heteroatoms. The van der Waals surface area contributed by atoms with Gasteiger partial charge in [-0.2, -0.15) is 0 Å². The first-order valence-corrected chi connectivity index (χ1v) is 11.9. The minimum absolute atomic E-state index is 0.132. The lowest BCUT2D eigenvalue weighted by molar-refractivity contribution is -0.00523. The quantitative estimate of drug-likeness (QED) is 0.585. The normalized spacial score (nSPS) is 20.7. The molecule has 2 N–H and O–H groups in total. The maximum absolute atomic E-state index is 14.5. The van der Waals surface area contributed by atoms with Crippen LogP contribution in [0, 0.1) is 5.82 Å². The third kappa shape index (κ3) is 7.12. The van der Waals surface area contributed by atoms with E-state index in [1.165, 1.54) is 0 Å². The number of halogens is 1. The van der Waals surface area contributed by atoms with Crippen molar-refractivity contribution in [2.24, 2.45) is 0 Å². The van der Waals surface area contributed by atoms with E-state index in [-0.39, 0.29) is 18.0 Å². The third-order valence-corrected chi connectivity index (χ3v) is 7.20. The van der Waals surface area contributed by atoms with E-state index in [2.05, 4.69) is 14.9 Å². The number of hydrogen-bond acceptors (Lipinski definition) is 5. The van der Waals surface area contributed by atoms with Crippen LogP contribution >= 0.6 is 0 Å². The van der Waals surface area contributed by atoms with E-state index >= 15 is 0 Å². The monoisotopic (exact) mass is 429 g/mol. The van der Waals surface area contributed by atoms with Gasteiger partial charge in [0, 0.05) is 31.9 Å². The summed E-state index contributed by atoms with van der Waals surface area (Å²) in [5.74, 6) is -0.257. The van der Waals surface area contributed by atoms with Gasteiger partial charge in [0.25, 0.3) is 0 Å². The number of benzene rings is 1. The van der Waals surface area contributed by atoms with Crippen molar-refractivity contribution in [1.29, 1.82) is 0 Å². The number of nitrogens with zero attached hydrogens (tertiary/aromatic N) is 1. The highest BCUT2D eigenvalue weighted by molar-refractivity contribution is 7.90. The number of hydrogen-bond donors (Lipinski definition) is 2. The molecular weight excluding hydrogens is 393 g/mol. The second kappa shape index (κ2) is 10.1. The highest BCUT2D eigenvalue weighted by Gasteiger charge is 2.28. The molecule has 1 aromatic carbocycles. The zero-order chi connectivity index (χ0) is 21.7. The third-order valence-electron chi connectivity index (χ3n) is 5.00. The van der Waals surface area contributed by atoms with Crippen LogP contribution in [-0.2, 0) is 14.8 Å². The van der Waals surface area contributed by atoms with Crippen molar-refractivity contribution in [3.63, 3.8) is 0 Å². The molecule has 1 heterocycles. The molecule has 1 aromatic rings. The summed E-state index contributed by atoms with van der Waals surface area (Å²) in [5.41, 5.74) is 1.37. The van der Waals surface area contributed by atoms with Crippen LogP contribution in [0.15, 0.2) is 18.2 Å². The van der Waals surface area contributed by atoms with E-state index in [0.29, 0.717) is 18.8 Å². The maximum atomic E-state index is 14.5. The Balaban J connectivity index is 1.72. The summed E-state index contributed by atoms with van der Waals surface area (Å²) in [6.45, 7) is 11.7. The van der Waals surface area contributed by atoms with Gasteiger partial charge in [-0.25, -0.2) is 17.5 Å². The van der Waals surface area contributed by atoms with Crippen molar-refractivity contribution in [3.8, 4) is 0 Å². The van der Waals surface area contributed by atoms with E-state index in [1.807, 2.05) is 19.9 Å². The molecule has 0 unspecified atom stereocenters. The second-order valence-corrected chi connectivity index (χ2v) is 11.3. The Morgan fingerprint density at radius 2 is 1.72 bits per heavy atom. The zero-order valence-corrected chi connectivity index (χ0v) is 19.1. The molecule has 2 rings (SSSR count). The molecule has 29 heavy (non-hydrogen) atoms. The topological polar surface area (TPSA) is 70.7 Å². The van der Waals surface area contributed by atoms with Gasteiger partial charge in [0.05, 0.1) is 22.6 Å². The highest BCUT2D eigenvalue weighted by atomic mass is 32.2. The number of morpholine rings is 1. The molecule has 1 fully saturated rings. The number of unbranched alkanes of at least 4 members (excludes halogenated alkanes) is 2. The molecule has 0 amide bonds. The van der Waals surface area contributed by atoms with Crippen LogP contribution in [0.25, 0.3) is 0 Å². The van der Waals surface area contributed by atoms with E-state index in [1.54, 1.807) is 32.9 Å².